The largest absolute Gasteiger partial charge is 0.437 e. The highest BCUT2D eigenvalue weighted by atomic mass is 16.3. The molecule has 0 radical (unpaired) electrons. The maximum absolute atomic E-state index is 6.42. The lowest BCUT2D eigenvalue weighted by Gasteiger charge is -2.16. The molecule has 0 unspecified atom stereocenters. The smallest absolute Gasteiger partial charge is 0.227 e. The Morgan fingerprint density at radius 1 is 0.758 bits per heavy atom. The van der Waals surface area contributed by atoms with E-state index in [9.17, 15) is 0 Å². The van der Waals surface area contributed by atoms with Gasteiger partial charge in [-0.05, 0) is 54.3 Å². The van der Waals surface area contributed by atoms with E-state index in [0.29, 0.717) is 5.71 Å². The average molecular weight is 432 g/mol. The van der Waals surface area contributed by atoms with Crippen LogP contribution in [0.2, 0.25) is 0 Å². The molecule has 0 aliphatic carbocycles. The Kier molecular flexibility index (Phi) is 4.37. The van der Waals surface area contributed by atoms with Crippen molar-refractivity contribution in [2.75, 3.05) is 0 Å². The second kappa shape index (κ2) is 7.31. The first-order chi connectivity index (χ1) is 16.0. The molecule has 4 nitrogen and oxygen atoms in total. The van der Waals surface area contributed by atoms with E-state index >= 15 is 0 Å². The van der Waals surface area contributed by atoms with Gasteiger partial charge in [-0.25, -0.2) is 9.97 Å². The van der Waals surface area contributed by atoms with E-state index in [1.54, 1.807) is 0 Å². The Morgan fingerprint density at radius 3 is 2.36 bits per heavy atom. The van der Waals surface area contributed by atoms with Crippen molar-refractivity contribution in [3.63, 3.8) is 0 Å². The van der Waals surface area contributed by atoms with Gasteiger partial charge in [0.2, 0.25) is 5.71 Å². The molecule has 33 heavy (non-hydrogen) atoms. The fourth-order valence-corrected chi connectivity index (χ4v) is 4.58. The monoisotopic (exact) mass is 431 g/mol. The first kappa shape index (κ1) is 19.7. The van der Waals surface area contributed by atoms with Gasteiger partial charge in [0.1, 0.15) is 11.4 Å². The summed E-state index contributed by atoms with van der Waals surface area (Å²) < 4.78 is 8.62. The molecular weight excluding hydrogens is 406 g/mol. The number of imidazole rings is 1. The van der Waals surface area contributed by atoms with Crippen LogP contribution in [0.4, 0.5) is 0 Å². The molecule has 0 bridgehead atoms. The number of pyridine rings is 1. The second-order valence-electron chi connectivity index (χ2n) is 9.77. The lowest BCUT2D eigenvalue weighted by Crippen LogP contribution is -2.10. The van der Waals surface area contributed by atoms with Crippen LogP contribution in [-0.2, 0) is 6.42 Å². The SMILES string of the molecule is CC(C)(C)Cc1ccc2c(n1)oc1c(-c3nc4ccccc4n3-c3ccccc3)cccc12. The van der Waals surface area contributed by atoms with Gasteiger partial charge in [-0.15, -0.1) is 0 Å². The molecule has 0 spiro atoms. The van der Waals surface area contributed by atoms with Crippen LogP contribution in [-0.4, -0.2) is 14.5 Å². The molecule has 3 aromatic carbocycles. The van der Waals surface area contributed by atoms with E-state index in [0.717, 1.165) is 56.6 Å². The Bertz CT molecular complexity index is 1620. The fraction of sp³-hybridized carbons (Fsp3) is 0.172. The molecule has 0 saturated carbocycles. The van der Waals surface area contributed by atoms with Gasteiger partial charge >= 0.3 is 0 Å². The molecule has 6 rings (SSSR count). The molecule has 0 saturated heterocycles. The molecule has 0 fully saturated rings. The zero-order chi connectivity index (χ0) is 22.6. The number of hydrogen-bond donors (Lipinski definition) is 0. The van der Waals surface area contributed by atoms with E-state index < -0.39 is 0 Å². The highest BCUT2D eigenvalue weighted by molar-refractivity contribution is 6.08. The summed E-state index contributed by atoms with van der Waals surface area (Å²) in [6.45, 7) is 6.68. The minimum Gasteiger partial charge on any atom is -0.437 e. The Hall–Kier alpha value is -3.92. The van der Waals surface area contributed by atoms with Crippen molar-refractivity contribution in [1.29, 1.82) is 0 Å². The molecule has 0 aliphatic rings. The summed E-state index contributed by atoms with van der Waals surface area (Å²) in [7, 11) is 0. The van der Waals surface area contributed by atoms with E-state index in [1.165, 1.54) is 0 Å². The van der Waals surface area contributed by atoms with Gasteiger partial charge < -0.3 is 4.42 Å². The summed E-state index contributed by atoms with van der Waals surface area (Å²) in [4.78, 5) is 9.89. The Labute approximate surface area is 192 Å². The molecule has 6 aromatic rings. The number of furan rings is 1. The molecular formula is C29H25N3O. The molecule has 3 heterocycles. The predicted octanol–water partition coefficient (Wildman–Crippen LogP) is 7.58. The number of para-hydroxylation sites is 4. The predicted molar refractivity (Wildman–Crippen MR) is 135 cm³/mol. The highest BCUT2D eigenvalue weighted by Crippen LogP contribution is 2.37. The number of benzene rings is 3. The molecule has 0 amide bonds. The lowest BCUT2D eigenvalue weighted by atomic mass is 9.90. The normalized spacial score (nSPS) is 12.2. The molecule has 4 heteroatoms. The van der Waals surface area contributed by atoms with Crippen LogP contribution in [0.25, 0.3) is 50.2 Å². The van der Waals surface area contributed by atoms with Crippen LogP contribution >= 0.6 is 0 Å². The lowest BCUT2D eigenvalue weighted by molar-refractivity contribution is 0.406. The first-order valence-electron chi connectivity index (χ1n) is 11.3. The van der Waals surface area contributed by atoms with Crippen molar-refractivity contribution in [2.24, 2.45) is 5.41 Å². The van der Waals surface area contributed by atoms with Gasteiger partial charge in [0.25, 0.3) is 0 Å². The zero-order valence-corrected chi connectivity index (χ0v) is 19.0. The summed E-state index contributed by atoms with van der Waals surface area (Å²) in [5.74, 6) is 0.863. The van der Waals surface area contributed by atoms with Crippen LogP contribution in [0.3, 0.4) is 0 Å². The Morgan fingerprint density at radius 2 is 1.55 bits per heavy atom. The van der Waals surface area contributed by atoms with E-state index in [-0.39, 0.29) is 5.41 Å². The summed E-state index contributed by atoms with van der Waals surface area (Å²) in [5.41, 5.74) is 6.77. The second-order valence-corrected chi connectivity index (χ2v) is 9.77. The van der Waals surface area contributed by atoms with Crippen molar-refractivity contribution in [1.82, 2.24) is 14.5 Å². The standard InChI is InChI=1S/C29H25N3O/c1-29(2,3)18-19-16-17-22-21-12-9-13-23(26(21)33-28(22)30-19)27-31-24-14-7-8-15-25(24)32(27)20-10-5-4-6-11-20/h4-17H,18H2,1-3H3. The third-order valence-corrected chi connectivity index (χ3v) is 5.95. The first-order valence-corrected chi connectivity index (χ1v) is 11.3. The molecule has 3 aromatic heterocycles. The maximum atomic E-state index is 6.42. The van der Waals surface area contributed by atoms with Gasteiger partial charge in [-0.1, -0.05) is 63.2 Å². The minimum atomic E-state index is 0.165. The van der Waals surface area contributed by atoms with Crippen molar-refractivity contribution in [2.45, 2.75) is 27.2 Å². The quantitative estimate of drug-likeness (QED) is 0.290. The van der Waals surface area contributed by atoms with Crippen molar-refractivity contribution >= 4 is 33.1 Å². The average Bonchev–Trinajstić information content (AvgIpc) is 3.36. The topological polar surface area (TPSA) is 43.9 Å². The van der Waals surface area contributed by atoms with Gasteiger partial charge in [0.05, 0.1) is 16.6 Å². The van der Waals surface area contributed by atoms with Gasteiger partial charge in [-0.3, -0.25) is 4.57 Å². The van der Waals surface area contributed by atoms with Crippen LogP contribution in [0.5, 0.6) is 0 Å². The van der Waals surface area contributed by atoms with Crippen LogP contribution < -0.4 is 0 Å². The Balaban J connectivity index is 1.62. The summed E-state index contributed by atoms with van der Waals surface area (Å²) >= 11 is 0. The van der Waals surface area contributed by atoms with Crippen molar-refractivity contribution < 1.29 is 4.42 Å². The zero-order valence-electron chi connectivity index (χ0n) is 19.0. The summed E-state index contributed by atoms with van der Waals surface area (Å²) in [6.07, 6.45) is 0.899. The van der Waals surface area contributed by atoms with E-state index in [2.05, 4.69) is 98.1 Å². The summed E-state index contributed by atoms with van der Waals surface area (Å²) in [6, 6.07) is 29.1. The van der Waals surface area contributed by atoms with Crippen LogP contribution in [0.1, 0.15) is 26.5 Å². The third-order valence-electron chi connectivity index (χ3n) is 5.95. The van der Waals surface area contributed by atoms with Crippen LogP contribution in [0, 0.1) is 5.41 Å². The van der Waals surface area contributed by atoms with E-state index in [4.69, 9.17) is 14.4 Å². The maximum Gasteiger partial charge on any atom is 0.227 e. The van der Waals surface area contributed by atoms with E-state index in [1.807, 2.05) is 12.1 Å². The number of fused-ring (bicyclic) bond motifs is 4. The number of rotatable bonds is 3. The molecule has 0 atom stereocenters. The fourth-order valence-electron chi connectivity index (χ4n) is 4.58. The minimum absolute atomic E-state index is 0.165. The number of hydrogen-bond acceptors (Lipinski definition) is 3. The molecule has 0 aliphatic heterocycles. The molecule has 0 N–H and O–H groups in total. The van der Waals surface area contributed by atoms with Crippen LogP contribution in [0.15, 0.2) is 89.3 Å². The summed E-state index contributed by atoms with van der Waals surface area (Å²) in [5, 5.41) is 2.09. The highest BCUT2D eigenvalue weighted by Gasteiger charge is 2.20. The third kappa shape index (κ3) is 3.39. The van der Waals surface area contributed by atoms with Gasteiger partial charge in [0.15, 0.2) is 0 Å². The number of aromatic nitrogens is 3. The van der Waals surface area contributed by atoms with Gasteiger partial charge in [0, 0.05) is 22.2 Å². The van der Waals surface area contributed by atoms with Crippen molar-refractivity contribution in [3.05, 3.63) is 90.6 Å². The number of nitrogens with zero attached hydrogens (tertiary/aromatic N) is 3. The van der Waals surface area contributed by atoms with Crippen molar-refractivity contribution in [3.8, 4) is 17.1 Å². The van der Waals surface area contributed by atoms with Gasteiger partial charge in [-0.2, -0.15) is 0 Å². The molecule has 162 valence electrons.